The molecule has 0 aromatic carbocycles. The number of amides is 2. The Morgan fingerprint density at radius 1 is 1.35 bits per heavy atom. The van der Waals surface area contributed by atoms with Gasteiger partial charge in [-0.15, -0.1) is 11.3 Å². The number of likely N-dealkylation sites (N-methyl/N-ethyl adjacent to an activating group) is 1. The molecule has 26 heavy (non-hydrogen) atoms. The summed E-state index contributed by atoms with van der Waals surface area (Å²) >= 11 is 1.35. The second-order valence-corrected chi connectivity index (χ2v) is 7.68. The van der Waals surface area contributed by atoms with Crippen LogP contribution in [-0.2, 0) is 20.7 Å². The first kappa shape index (κ1) is 19.3. The van der Waals surface area contributed by atoms with Crippen LogP contribution in [0.3, 0.4) is 0 Å². The molecule has 3 rings (SSSR count). The molecule has 2 aliphatic rings. The Morgan fingerprint density at radius 3 is 2.69 bits per heavy atom. The highest BCUT2D eigenvalue weighted by Gasteiger charge is 2.34. The molecule has 0 radical (unpaired) electrons. The van der Waals surface area contributed by atoms with Crippen LogP contribution in [0.25, 0.3) is 0 Å². The number of nitrogens with one attached hydrogen (secondary N) is 1. The van der Waals surface area contributed by atoms with Gasteiger partial charge in [0.15, 0.2) is 6.29 Å². The summed E-state index contributed by atoms with van der Waals surface area (Å²) in [6.07, 6.45) is 1.90. The summed E-state index contributed by atoms with van der Waals surface area (Å²) < 4.78 is 11.7. The second kappa shape index (κ2) is 8.47. The lowest BCUT2D eigenvalue weighted by Crippen LogP contribution is -2.28. The summed E-state index contributed by atoms with van der Waals surface area (Å²) in [5.74, 6) is -0.490. The molecule has 7 nitrogen and oxygen atoms in total. The number of ether oxygens (including phenoxy) is 2. The SMILES string of the molecule is CCN(CC)CCOC1OCCc2c1sc(NC(=O)C1CC1)c2C(N)=O. The van der Waals surface area contributed by atoms with Gasteiger partial charge in [0.1, 0.15) is 5.00 Å². The fourth-order valence-electron chi connectivity index (χ4n) is 3.13. The molecule has 0 saturated heterocycles. The van der Waals surface area contributed by atoms with E-state index in [2.05, 4.69) is 24.1 Å². The number of hydrogen-bond donors (Lipinski definition) is 2. The molecule has 3 N–H and O–H groups in total. The Morgan fingerprint density at radius 2 is 2.08 bits per heavy atom. The monoisotopic (exact) mass is 381 g/mol. The standard InChI is InChI=1S/C18H27N3O4S/c1-3-21(4-2)8-10-25-18-14-12(7-9-24-18)13(15(19)22)17(26-14)20-16(23)11-5-6-11/h11,18H,3-10H2,1-2H3,(H2,19,22)(H,20,23). The molecule has 1 saturated carbocycles. The Balaban J connectivity index is 1.75. The van der Waals surface area contributed by atoms with Crippen molar-refractivity contribution in [3.63, 3.8) is 0 Å². The molecule has 1 atom stereocenters. The predicted octanol–water partition coefficient (Wildman–Crippen LogP) is 2.13. The van der Waals surface area contributed by atoms with Gasteiger partial charge in [-0.25, -0.2) is 0 Å². The van der Waals surface area contributed by atoms with Gasteiger partial charge in [0.25, 0.3) is 5.91 Å². The average Bonchev–Trinajstić information content (AvgIpc) is 3.40. The number of carbonyl (C=O) groups is 2. The molecular formula is C18H27N3O4S. The summed E-state index contributed by atoms with van der Waals surface area (Å²) in [6, 6.07) is 0. The summed E-state index contributed by atoms with van der Waals surface area (Å²) in [5.41, 5.74) is 6.87. The molecule has 2 amide bonds. The second-order valence-electron chi connectivity index (χ2n) is 6.63. The van der Waals surface area contributed by atoms with Crippen LogP contribution < -0.4 is 11.1 Å². The van der Waals surface area contributed by atoms with E-state index in [1.54, 1.807) is 0 Å². The van der Waals surface area contributed by atoms with Crippen molar-refractivity contribution in [3.8, 4) is 0 Å². The minimum atomic E-state index is -0.516. The maximum Gasteiger partial charge on any atom is 0.252 e. The maximum atomic E-state index is 12.1. The van der Waals surface area contributed by atoms with Crippen LogP contribution in [0.5, 0.6) is 0 Å². The van der Waals surface area contributed by atoms with E-state index in [-0.39, 0.29) is 11.8 Å². The first-order valence-electron chi connectivity index (χ1n) is 9.26. The summed E-state index contributed by atoms with van der Waals surface area (Å²) in [5, 5.41) is 3.41. The fourth-order valence-corrected chi connectivity index (χ4v) is 4.38. The van der Waals surface area contributed by atoms with Crippen molar-refractivity contribution in [3.05, 3.63) is 16.0 Å². The van der Waals surface area contributed by atoms with Crippen LogP contribution in [0, 0.1) is 5.92 Å². The van der Waals surface area contributed by atoms with Crippen LogP contribution in [-0.4, -0.2) is 49.6 Å². The first-order valence-corrected chi connectivity index (χ1v) is 10.1. The molecule has 1 unspecified atom stereocenters. The van der Waals surface area contributed by atoms with Gasteiger partial charge in [-0.2, -0.15) is 0 Å². The number of rotatable bonds is 9. The number of carbonyl (C=O) groups excluding carboxylic acids is 2. The summed E-state index contributed by atoms with van der Waals surface area (Å²) in [7, 11) is 0. The smallest absolute Gasteiger partial charge is 0.252 e. The van der Waals surface area contributed by atoms with E-state index in [4.69, 9.17) is 15.2 Å². The van der Waals surface area contributed by atoms with E-state index in [9.17, 15) is 9.59 Å². The van der Waals surface area contributed by atoms with Crippen molar-refractivity contribution in [1.82, 2.24) is 4.90 Å². The number of nitrogens with two attached hydrogens (primary N) is 1. The lowest BCUT2D eigenvalue weighted by molar-refractivity contribution is -0.153. The van der Waals surface area contributed by atoms with Crippen molar-refractivity contribution in [2.75, 3.05) is 38.2 Å². The van der Waals surface area contributed by atoms with E-state index in [0.717, 1.165) is 42.9 Å². The Hall–Kier alpha value is -1.48. The molecule has 1 fully saturated rings. The predicted molar refractivity (Wildman–Crippen MR) is 100 cm³/mol. The summed E-state index contributed by atoms with van der Waals surface area (Å²) in [4.78, 5) is 27.2. The van der Waals surface area contributed by atoms with Gasteiger partial charge < -0.3 is 25.4 Å². The van der Waals surface area contributed by atoms with Crippen molar-refractivity contribution in [2.24, 2.45) is 11.7 Å². The molecular weight excluding hydrogens is 354 g/mol. The third-order valence-corrected chi connectivity index (χ3v) is 6.05. The van der Waals surface area contributed by atoms with E-state index in [1.165, 1.54) is 11.3 Å². The number of anilines is 1. The van der Waals surface area contributed by atoms with Crippen LogP contribution in [0.1, 0.15) is 53.8 Å². The van der Waals surface area contributed by atoms with Crippen LogP contribution in [0.4, 0.5) is 5.00 Å². The highest BCUT2D eigenvalue weighted by Crippen LogP contribution is 2.42. The van der Waals surface area contributed by atoms with E-state index in [1.807, 2.05) is 0 Å². The van der Waals surface area contributed by atoms with Gasteiger partial charge in [-0.1, -0.05) is 13.8 Å². The van der Waals surface area contributed by atoms with Crippen molar-refractivity contribution in [1.29, 1.82) is 0 Å². The molecule has 0 bridgehead atoms. The van der Waals surface area contributed by atoms with Gasteiger partial charge in [0.2, 0.25) is 5.91 Å². The summed E-state index contributed by atoms with van der Waals surface area (Å²) in [6.45, 7) is 8.01. The highest BCUT2D eigenvalue weighted by molar-refractivity contribution is 7.17. The topological polar surface area (TPSA) is 93.9 Å². The molecule has 144 valence electrons. The van der Waals surface area contributed by atoms with Crippen LogP contribution in [0.2, 0.25) is 0 Å². The largest absolute Gasteiger partial charge is 0.365 e. The number of hydrogen-bond acceptors (Lipinski definition) is 6. The Kier molecular flexibility index (Phi) is 6.29. The Labute approximate surface area is 157 Å². The third kappa shape index (κ3) is 4.25. The van der Waals surface area contributed by atoms with E-state index >= 15 is 0 Å². The minimum Gasteiger partial charge on any atom is -0.365 e. The number of fused-ring (bicyclic) bond motifs is 1. The highest BCUT2D eigenvalue weighted by atomic mass is 32.1. The first-order chi connectivity index (χ1) is 12.5. The van der Waals surface area contributed by atoms with E-state index < -0.39 is 12.2 Å². The molecule has 8 heteroatoms. The zero-order valence-corrected chi connectivity index (χ0v) is 16.2. The van der Waals surface area contributed by atoms with Crippen LogP contribution >= 0.6 is 11.3 Å². The normalized spacial score (nSPS) is 19.4. The van der Waals surface area contributed by atoms with Crippen molar-refractivity contribution < 1.29 is 19.1 Å². The van der Waals surface area contributed by atoms with Gasteiger partial charge >= 0.3 is 0 Å². The van der Waals surface area contributed by atoms with E-state index in [0.29, 0.717) is 30.2 Å². The quantitative estimate of drug-likeness (QED) is 0.683. The average molecular weight is 381 g/mol. The molecule has 1 aromatic heterocycles. The molecule has 1 aromatic rings. The fraction of sp³-hybridized carbons (Fsp3) is 0.667. The van der Waals surface area contributed by atoms with Crippen molar-refractivity contribution in [2.45, 2.75) is 39.4 Å². The molecule has 2 heterocycles. The lowest BCUT2D eigenvalue weighted by Gasteiger charge is -2.25. The molecule has 1 aliphatic carbocycles. The zero-order chi connectivity index (χ0) is 18.7. The maximum absolute atomic E-state index is 12.1. The van der Waals surface area contributed by atoms with Gasteiger partial charge in [-0.05, 0) is 37.9 Å². The number of thiophene rings is 1. The minimum absolute atomic E-state index is 0.0361. The zero-order valence-electron chi connectivity index (χ0n) is 15.4. The molecule has 1 aliphatic heterocycles. The van der Waals surface area contributed by atoms with Crippen molar-refractivity contribution >= 4 is 28.2 Å². The van der Waals surface area contributed by atoms with Gasteiger partial charge in [0, 0.05) is 12.5 Å². The van der Waals surface area contributed by atoms with Gasteiger partial charge in [0.05, 0.1) is 23.7 Å². The van der Waals surface area contributed by atoms with Crippen LogP contribution in [0.15, 0.2) is 0 Å². The third-order valence-electron chi connectivity index (χ3n) is 4.88. The number of primary amides is 1. The molecule has 0 spiro atoms. The lowest BCUT2D eigenvalue weighted by atomic mass is 10.0. The number of nitrogens with zero attached hydrogens (tertiary/aromatic N) is 1. The Bertz CT molecular complexity index is 668. The van der Waals surface area contributed by atoms with Gasteiger partial charge in [-0.3, -0.25) is 9.59 Å².